The molecule has 0 atom stereocenters. The van der Waals surface area contributed by atoms with Crippen LogP contribution in [0.25, 0.3) is 5.76 Å². The lowest BCUT2D eigenvalue weighted by Crippen LogP contribution is -2.05. The number of hydrogen-bond acceptors (Lipinski definition) is 4. The molecule has 20 heavy (non-hydrogen) atoms. The molecule has 0 unspecified atom stereocenters. The summed E-state index contributed by atoms with van der Waals surface area (Å²) in [5.74, 6) is -0.835. The van der Waals surface area contributed by atoms with Gasteiger partial charge >= 0.3 is 5.97 Å². The van der Waals surface area contributed by atoms with Crippen molar-refractivity contribution < 1.29 is 23.1 Å². The van der Waals surface area contributed by atoms with Crippen molar-refractivity contribution in [1.82, 2.24) is 0 Å². The maximum Gasteiger partial charge on any atom is 0.384 e. The highest BCUT2D eigenvalue weighted by molar-refractivity contribution is 6.42. The minimum Gasteiger partial charge on any atom is -0.457 e. The smallest absolute Gasteiger partial charge is 0.384 e. The van der Waals surface area contributed by atoms with E-state index in [9.17, 15) is 14.0 Å². The second kappa shape index (κ2) is 4.77. The fourth-order valence-corrected chi connectivity index (χ4v) is 1.89. The lowest BCUT2D eigenvalue weighted by atomic mass is 10.1. The van der Waals surface area contributed by atoms with Gasteiger partial charge in [-0.15, -0.1) is 0 Å². The molecule has 1 aromatic carbocycles. The molecule has 0 saturated heterocycles. The zero-order valence-corrected chi connectivity index (χ0v) is 10.3. The number of carbonyl (C=O) groups is 2. The number of rotatable bonds is 3. The van der Waals surface area contributed by atoms with Crippen LogP contribution in [0.4, 0.5) is 4.39 Å². The van der Waals surface area contributed by atoms with E-state index in [2.05, 4.69) is 0 Å². The lowest BCUT2D eigenvalue weighted by Gasteiger charge is -1.99. The van der Waals surface area contributed by atoms with Crippen LogP contribution in [-0.4, -0.2) is 11.8 Å². The van der Waals surface area contributed by atoms with Crippen molar-refractivity contribution >= 4 is 17.5 Å². The Labute approximate surface area is 113 Å². The number of esters is 1. The van der Waals surface area contributed by atoms with Gasteiger partial charge in [0.15, 0.2) is 11.5 Å². The van der Waals surface area contributed by atoms with E-state index in [0.29, 0.717) is 17.9 Å². The fourth-order valence-electron chi connectivity index (χ4n) is 1.89. The predicted octanol–water partition coefficient (Wildman–Crippen LogP) is 2.48. The molecule has 100 valence electrons. The molecule has 0 bridgehead atoms. The second-order valence-corrected chi connectivity index (χ2v) is 4.33. The highest BCUT2D eigenvalue weighted by Gasteiger charge is 2.27. The molecule has 2 heterocycles. The Morgan fingerprint density at radius 3 is 2.40 bits per heavy atom. The number of ketones is 1. The summed E-state index contributed by atoms with van der Waals surface area (Å²) in [6.07, 6.45) is 1.58. The molecule has 4 nitrogen and oxygen atoms in total. The van der Waals surface area contributed by atoms with Crippen molar-refractivity contribution in [2.24, 2.45) is 0 Å². The van der Waals surface area contributed by atoms with Crippen molar-refractivity contribution in [1.29, 1.82) is 0 Å². The molecule has 0 radical (unpaired) electrons. The van der Waals surface area contributed by atoms with Crippen LogP contribution >= 0.6 is 0 Å². The van der Waals surface area contributed by atoms with E-state index in [-0.39, 0.29) is 11.6 Å². The Morgan fingerprint density at radius 1 is 1.00 bits per heavy atom. The number of halogens is 1. The van der Waals surface area contributed by atoms with E-state index >= 15 is 0 Å². The maximum atomic E-state index is 12.8. The number of cyclic esters (lactones) is 1. The highest BCUT2D eigenvalue weighted by atomic mass is 19.1. The summed E-state index contributed by atoms with van der Waals surface area (Å²) >= 11 is 0. The van der Waals surface area contributed by atoms with Gasteiger partial charge in [-0.05, 0) is 29.8 Å². The number of furan rings is 1. The van der Waals surface area contributed by atoms with Crippen LogP contribution in [-0.2, 0) is 20.7 Å². The summed E-state index contributed by atoms with van der Waals surface area (Å²) in [7, 11) is 0. The van der Waals surface area contributed by atoms with Gasteiger partial charge in [0.2, 0.25) is 0 Å². The third-order valence-corrected chi connectivity index (χ3v) is 2.86. The molecule has 5 heteroatoms. The topological polar surface area (TPSA) is 56.5 Å². The SMILES string of the molecule is O=C1C=C(c2ccc(Cc3ccc(F)cc3)o2)OC1=O. The normalized spacial score (nSPS) is 14.3. The Balaban J connectivity index is 1.77. The van der Waals surface area contributed by atoms with Gasteiger partial charge in [0, 0.05) is 12.5 Å². The average Bonchev–Trinajstić information content (AvgIpc) is 3.00. The summed E-state index contributed by atoms with van der Waals surface area (Å²) in [5, 5.41) is 0. The van der Waals surface area contributed by atoms with Gasteiger partial charge in [-0.25, -0.2) is 9.18 Å². The number of carbonyl (C=O) groups excluding carboxylic acids is 2. The second-order valence-electron chi connectivity index (χ2n) is 4.33. The molecule has 1 aromatic heterocycles. The molecule has 1 aliphatic rings. The molecule has 2 aromatic rings. The van der Waals surface area contributed by atoms with Gasteiger partial charge < -0.3 is 9.15 Å². The lowest BCUT2D eigenvalue weighted by molar-refractivity contribution is -0.144. The highest BCUT2D eigenvalue weighted by Crippen LogP contribution is 2.24. The van der Waals surface area contributed by atoms with E-state index in [4.69, 9.17) is 9.15 Å². The first-order chi connectivity index (χ1) is 9.61. The van der Waals surface area contributed by atoms with E-state index in [1.54, 1.807) is 24.3 Å². The summed E-state index contributed by atoms with van der Waals surface area (Å²) in [6.45, 7) is 0. The molecular weight excluding hydrogens is 263 g/mol. The summed E-state index contributed by atoms with van der Waals surface area (Å²) in [5.41, 5.74) is 0.890. The van der Waals surface area contributed by atoms with Crippen molar-refractivity contribution in [3.8, 4) is 0 Å². The van der Waals surface area contributed by atoms with Gasteiger partial charge in [0.25, 0.3) is 5.78 Å². The van der Waals surface area contributed by atoms with Crippen molar-refractivity contribution in [3.63, 3.8) is 0 Å². The Morgan fingerprint density at radius 2 is 1.75 bits per heavy atom. The van der Waals surface area contributed by atoms with Crippen LogP contribution in [0.15, 0.2) is 46.9 Å². The molecule has 0 N–H and O–H groups in total. The third-order valence-electron chi connectivity index (χ3n) is 2.86. The monoisotopic (exact) mass is 272 g/mol. The van der Waals surface area contributed by atoms with E-state index < -0.39 is 11.8 Å². The maximum absolute atomic E-state index is 12.8. The predicted molar refractivity (Wildman–Crippen MR) is 67.0 cm³/mol. The van der Waals surface area contributed by atoms with E-state index in [1.807, 2.05) is 0 Å². The summed E-state index contributed by atoms with van der Waals surface area (Å²) < 4.78 is 23.1. The zero-order chi connectivity index (χ0) is 14.1. The number of ether oxygens (including phenoxy) is 1. The minimum absolute atomic E-state index is 0.116. The van der Waals surface area contributed by atoms with Gasteiger partial charge in [-0.2, -0.15) is 0 Å². The van der Waals surface area contributed by atoms with Crippen molar-refractivity contribution in [3.05, 3.63) is 65.4 Å². The largest absolute Gasteiger partial charge is 0.457 e. The van der Waals surface area contributed by atoms with Crippen LogP contribution in [0.5, 0.6) is 0 Å². The molecular formula is C15H9FO4. The van der Waals surface area contributed by atoms with Crippen LogP contribution in [0, 0.1) is 5.82 Å². The Kier molecular flexibility index (Phi) is 2.95. The van der Waals surface area contributed by atoms with Gasteiger partial charge in [0.05, 0.1) is 0 Å². The first-order valence-electron chi connectivity index (χ1n) is 5.93. The van der Waals surface area contributed by atoms with Crippen LogP contribution < -0.4 is 0 Å². The molecule has 0 saturated carbocycles. The molecule has 3 rings (SSSR count). The number of hydrogen-bond donors (Lipinski definition) is 0. The van der Waals surface area contributed by atoms with Crippen LogP contribution in [0.2, 0.25) is 0 Å². The standard InChI is InChI=1S/C15H9FO4/c16-10-3-1-9(2-4-10)7-11-5-6-13(19-11)14-8-12(17)15(18)20-14/h1-6,8H,7H2. The minimum atomic E-state index is -0.906. The first kappa shape index (κ1) is 12.3. The van der Waals surface area contributed by atoms with Gasteiger partial charge in [0.1, 0.15) is 11.6 Å². The molecule has 0 fully saturated rings. The molecule has 0 aliphatic carbocycles. The average molecular weight is 272 g/mol. The van der Waals surface area contributed by atoms with Crippen LogP contribution in [0.1, 0.15) is 17.1 Å². The van der Waals surface area contributed by atoms with Crippen molar-refractivity contribution in [2.75, 3.05) is 0 Å². The summed E-state index contributed by atoms with van der Waals surface area (Å²) in [6, 6.07) is 9.41. The molecule has 0 spiro atoms. The summed E-state index contributed by atoms with van der Waals surface area (Å²) in [4.78, 5) is 22.0. The zero-order valence-electron chi connectivity index (χ0n) is 10.3. The fraction of sp³-hybridized carbons (Fsp3) is 0.0667. The molecule has 1 aliphatic heterocycles. The van der Waals surface area contributed by atoms with Crippen molar-refractivity contribution in [2.45, 2.75) is 6.42 Å². The van der Waals surface area contributed by atoms with Gasteiger partial charge in [-0.1, -0.05) is 12.1 Å². The Hall–Kier alpha value is -2.69. The molecule has 0 amide bonds. The van der Waals surface area contributed by atoms with Crippen LogP contribution in [0.3, 0.4) is 0 Å². The van der Waals surface area contributed by atoms with E-state index in [0.717, 1.165) is 11.6 Å². The van der Waals surface area contributed by atoms with E-state index in [1.165, 1.54) is 12.1 Å². The Bertz CT molecular complexity index is 710. The third kappa shape index (κ3) is 2.38. The number of benzene rings is 1. The first-order valence-corrected chi connectivity index (χ1v) is 5.93. The van der Waals surface area contributed by atoms with Gasteiger partial charge in [-0.3, -0.25) is 4.79 Å². The quantitative estimate of drug-likeness (QED) is 0.636.